The quantitative estimate of drug-likeness (QED) is 0.300. The predicted molar refractivity (Wildman–Crippen MR) is 99.5 cm³/mol. The first-order valence-corrected chi connectivity index (χ1v) is 10.3. The lowest BCUT2D eigenvalue weighted by Crippen LogP contribution is -2.71. The number of aliphatic carboxylic acids is 1. The highest BCUT2D eigenvalue weighted by atomic mass is 35.5. The molecular formula is C16H17ClN2O6S2. The molecule has 0 radical (unpaired) electrons. The maximum absolute atomic E-state index is 12.7. The smallest absolute Gasteiger partial charge is 0.327 e. The molecule has 2 aliphatic heterocycles. The maximum atomic E-state index is 12.7. The van der Waals surface area contributed by atoms with Crippen LogP contribution in [0.25, 0.3) is 0 Å². The van der Waals surface area contributed by atoms with E-state index in [-0.39, 0.29) is 0 Å². The number of thiophene rings is 1. The van der Waals surface area contributed by atoms with Crippen molar-refractivity contribution in [3.05, 3.63) is 22.4 Å². The summed E-state index contributed by atoms with van der Waals surface area (Å²) in [6, 6.07) is -0.638. The van der Waals surface area contributed by atoms with Crippen LogP contribution < -0.4 is 5.32 Å². The van der Waals surface area contributed by atoms with Crippen molar-refractivity contribution in [3.8, 4) is 0 Å². The molecule has 1 unspecified atom stereocenters. The first kappa shape index (κ1) is 20.0. The molecule has 1 aromatic heterocycles. The van der Waals surface area contributed by atoms with E-state index in [0.717, 1.165) is 0 Å². The summed E-state index contributed by atoms with van der Waals surface area (Å²) in [6.45, 7) is 3.49. The monoisotopic (exact) mass is 432 g/mol. The van der Waals surface area contributed by atoms with E-state index >= 15 is 0 Å². The van der Waals surface area contributed by atoms with Gasteiger partial charge in [0.25, 0.3) is 0 Å². The zero-order chi connectivity index (χ0) is 19.9. The molecule has 2 aliphatic rings. The number of nitrogens with one attached hydrogen (secondary N) is 1. The molecular weight excluding hydrogens is 416 g/mol. The standard InChI is InChI=1S/C16H17ClN2O6S2/c1-16(2)10(14(22)23)19-12(21)9(13(19)27-16)18-11(20)8(15(24)25-6-17)7-3-4-26-5-7/h3-5,8-10,13H,6H2,1-2H3,(H,18,20)(H,22,23)/t8?,9-,10+,13-/m1/s1. The second-order valence-electron chi connectivity index (χ2n) is 6.65. The molecule has 3 heterocycles. The van der Waals surface area contributed by atoms with Gasteiger partial charge in [-0.25, -0.2) is 4.79 Å². The molecule has 3 rings (SSSR count). The van der Waals surface area contributed by atoms with Gasteiger partial charge < -0.3 is 20.1 Å². The molecule has 27 heavy (non-hydrogen) atoms. The molecule has 2 amide bonds. The summed E-state index contributed by atoms with van der Waals surface area (Å²) in [5, 5.41) is 14.9. The van der Waals surface area contributed by atoms with Gasteiger partial charge in [-0.1, -0.05) is 11.6 Å². The number of carboxylic acid groups (broad SMARTS) is 1. The number of carbonyl (C=O) groups is 4. The second kappa shape index (κ2) is 7.33. The van der Waals surface area contributed by atoms with Crippen LogP contribution in [0.1, 0.15) is 25.3 Å². The van der Waals surface area contributed by atoms with Crippen LogP contribution in [0.2, 0.25) is 0 Å². The first-order chi connectivity index (χ1) is 12.7. The van der Waals surface area contributed by atoms with E-state index in [0.29, 0.717) is 5.56 Å². The van der Waals surface area contributed by atoms with E-state index in [1.807, 2.05) is 0 Å². The van der Waals surface area contributed by atoms with Gasteiger partial charge >= 0.3 is 11.9 Å². The molecule has 0 bridgehead atoms. The Kier molecular flexibility index (Phi) is 5.42. The van der Waals surface area contributed by atoms with Gasteiger partial charge in [0.2, 0.25) is 11.8 Å². The van der Waals surface area contributed by atoms with Gasteiger partial charge in [-0.3, -0.25) is 14.4 Å². The van der Waals surface area contributed by atoms with E-state index < -0.39 is 57.9 Å². The van der Waals surface area contributed by atoms with Crippen molar-refractivity contribution in [2.45, 2.75) is 42.0 Å². The molecule has 2 fully saturated rings. The SMILES string of the molecule is CC1(C)S[C@@H]2[C@H](NC(=O)C(C(=O)OCCl)c3ccsc3)C(=O)N2[C@H]1C(=O)O. The van der Waals surface area contributed by atoms with Gasteiger partial charge in [-0.2, -0.15) is 11.3 Å². The fraction of sp³-hybridized carbons (Fsp3) is 0.500. The number of rotatable bonds is 6. The average Bonchev–Trinajstić information content (AvgIpc) is 3.17. The lowest BCUT2D eigenvalue weighted by Gasteiger charge is -2.43. The highest BCUT2D eigenvalue weighted by molar-refractivity contribution is 8.01. The molecule has 2 N–H and O–H groups in total. The Balaban J connectivity index is 1.77. The van der Waals surface area contributed by atoms with Crippen molar-refractivity contribution >= 4 is 58.5 Å². The minimum Gasteiger partial charge on any atom is -0.480 e. The fourth-order valence-electron chi connectivity index (χ4n) is 3.35. The van der Waals surface area contributed by atoms with E-state index in [9.17, 15) is 24.3 Å². The Morgan fingerprint density at radius 2 is 2.15 bits per heavy atom. The Morgan fingerprint density at radius 3 is 2.70 bits per heavy atom. The van der Waals surface area contributed by atoms with Gasteiger partial charge in [-0.15, -0.1) is 11.8 Å². The molecule has 0 spiro atoms. The maximum Gasteiger partial charge on any atom is 0.327 e. The Hall–Kier alpha value is -1.78. The zero-order valence-corrected chi connectivity index (χ0v) is 16.8. The number of ether oxygens (including phenoxy) is 1. The number of β-lactam (4-membered cyclic amide) rings is 1. The topological polar surface area (TPSA) is 113 Å². The van der Waals surface area contributed by atoms with Gasteiger partial charge in [0, 0.05) is 4.75 Å². The van der Waals surface area contributed by atoms with E-state index in [4.69, 9.17) is 16.3 Å². The molecule has 146 valence electrons. The Labute approximate surface area is 168 Å². The van der Waals surface area contributed by atoms with Crippen LogP contribution in [0.4, 0.5) is 0 Å². The molecule has 0 saturated carbocycles. The van der Waals surface area contributed by atoms with E-state index in [1.54, 1.807) is 30.7 Å². The van der Waals surface area contributed by atoms with Crippen LogP contribution in [-0.4, -0.2) is 62.0 Å². The molecule has 8 nitrogen and oxygen atoms in total. The van der Waals surface area contributed by atoms with Gasteiger partial charge in [-0.05, 0) is 36.2 Å². The number of hydrogen-bond donors (Lipinski definition) is 2. The molecule has 0 aliphatic carbocycles. The van der Waals surface area contributed by atoms with Crippen molar-refractivity contribution in [3.63, 3.8) is 0 Å². The average molecular weight is 433 g/mol. The lowest BCUT2D eigenvalue weighted by atomic mass is 9.95. The van der Waals surface area contributed by atoms with Crippen molar-refractivity contribution in [1.29, 1.82) is 0 Å². The van der Waals surface area contributed by atoms with Crippen molar-refractivity contribution in [2.75, 3.05) is 6.07 Å². The summed E-state index contributed by atoms with van der Waals surface area (Å²) in [7, 11) is 0. The first-order valence-electron chi connectivity index (χ1n) is 7.97. The van der Waals surface area contributed by atoms with Gasteiger partial charge in [0.1, 0.15) is 17.5 Å². The largest absolute Gasteiger partial charge is 0.480 e. The number of esters is 1. The van der Waals surface area contributed by atoms with Crippen molar-refractivity contribution in [1.82, 2.24) is 10.2 Å². The second-order valence-corrected chi connectivity index (χ2v) is 9.42. The predicted octanol–water partition coefficient (Wildman–Crippen LogP) is 1.20. The molecule has 4 atom stereocenters. The summed E-state index contributed by atoms with van der Waals surface area (Å²) in [6.07, 6.45) is 0. The summed E-state index contributed by atoms with van der Waals surface area (Å²) in [5.74, 6) is -4.30. The number of amides is 2. The normalized spacial score (nSPS) is 26.7. The van der Waals surface area contributed by atoms with Crippen LogP contribution in [0.3, 0.4) is 0 Å². The fourth-order valence-corrected chi connectivity index (χ4v) is 5.77. The van der Waals surface area contributed by atoms with Crippen LogP contribution in [0, 0.1) is 0 Å². The number of alkyl halides is 1. The van der Waals surface area contributed by atoms with E-state index in [1.165, 1.54) is 28.0 Å². The van der Waals surface area contributed by atoms with Crippen LogP contribution in [0.15, 0.2) is 16.8 Å². The number of halogens is 1. The number of fused-ring (bicyclic) bond motifs is 1. The van der Waals surface area contributed by atoms with Crippen LogP contribution in [0.5, 0.6) is 0 Å². The highest BCUT2D eigenvalue weighted by Crippen LogP contribution is 2.50. The molecule has 0 aromatic carbocycles. The number of hydrogen-bond acceptors (Lipinski definition) is 7. The third-order valence-electron chi connectivity index (χ3n) is 4.54. The van der Waals surface area contributed by atoms with Gasteiger partial charge in [0.05, 0.1) is 0 Å². The number of nitrogens with zero attached hydrogens (tertiary/aromatic N) is 1. The van der Waals surface area contributed by atoms with E-state index in [2.05, 4.69) is 5.32 Å². The Bertz CT molecular complexity index is 784. The minimum absolute atomic E-state index is 0.393. The van der Waals surface area contributed by atoms with Crippen molar-refractivity contribution in [2.24, 2.45) is 0 Å². The minimum atomic E-state index is -1.24. The van der Waals surface area contributed by atoms with Crippen LogP contribution >= 0.6 is 34.7 Å². The number of carboxylic acids is 1. The third kappa shape index (κ3) is 3.41. The zero-order valence-electron chi connectivity index (χ0n) is 14.4. The summed E-state index contributed by atoms with van der Waals surface area (Å²) < 4.78 is 4.07. The molecule has 11 heteroatoms. The highest BCUT2D eigenvalue weighted by Gasteiger charge is 2.64. The number of thioether (sulfide) groups is 1. The lowest BCUT2D eigenvalue weighted by molar-refractivity contribution is -0.161. The summed E-state index contributed by atoms with van der Waals surface area (Å²) >= 11 is 8.06. The molecule has 1 aromatic rings. The number of carbonyl (C=O) groups excluding carboxylic acids is 3. The van der Waals surface area contributed by atoms with Crippen LogP contribution in [-0.2, 0) is 23.9 Å². The third-order valence-corrected chi connectivity index (χ3v) is 6.93. The summed E-state index contributed by atoms with van der Waals surface area (Å²) in [5.41, 5.74) is 0.444. The van der Waals surface area contributed by atoms with Gasteiger partial charge in [0.15, 0.2) is 12.0 Å². The Morgan fingerprint density at radius 1 is 1.44 bits per heavy atom. The molecule has 2 saturated heterocycles. The van der Waals surface area contributed by atoms with Crippen molar-refractivity contribution < 1.29 is 29.0 Å². The summed E-state index contributed by atoms with van der Waals surface area (Å²) in [4.78, 5) is 50.2.